The molecule has 0 amide bonds. The number of benzene rings is 1. The normalized spacial score (nSPS) is 18.4. The average Bonchev–Trinajstić information content (AvgIpc) is 3.48. The van der Waals surface area contributed by atoms with Gasteiger partial charge >= 0.3 is 0 Å². The monoisotopic (exact) mass is 400 g/mol. The molecule has 1 fully saturated rings. The summed E-state index contributed by atoms with van der Waals surface area (Å²) in [5.74, 6) is 0.958. The molecule has 29 heavy (non-hydrogen) atoms. The smallest absolute Gasteiger partial charge is 0.123 e. The molecule has 1 aromatic rings. The summed E-state index contributed by atoms with van der Waals surface area (Å²) in [7, 11) is 0. The first-order valence-corrected chi connectivity index (χ1v) is 12.2. The predicted octanol–water partition coefficient (Wildman–Crippen LogP) is 8.04. The second kappa shape index (κ2) is 14.7. The van der Waals surface area contributed by atoms with Gasteiger partial charge in [0.05, 0.1) is 6.61 Å². The number of allylic oxidation sites excluding steroid dienone is 2. The Morgan fingerprint density at radius 3 is 1.86 bits per heavy atom. The molecule has 164 valence electrons. The highest BCUT2D eigenvalue weighted by atomic mass is 16.6. The molecule has 1 unspecified atom stereocenters. The zero-order chi connectivity index (χ0) is 20.6. The summed E-state index contributed by atoms with van der Waals surface area (Å²) >= 11 is 0. The molecule has 0 spiro atoms. The molecular formula is C27H44O2. The zero-order valence-electron chi connectivity index (χ0n) is 19.1. The number of ether oxygens (including phenoxy) is 2. The van der Waals surface area contributed by atoms with Crippen LogP contribution >= 0.6 is 0 Å². The van der Waals surface area contributed by atoms with Gasteiger partial charge in [-0.25, -0.2) is 0 Å². The third-order valence-corrected chi connectivity index (χ3v) is 5.93. The van der Waals surface area contributed by atoms with Crippen molar-refractivity contribution in [2.75, 3.05) is 13.2 Å². The van der Waals surface area contributed by atoms with Crippen LogP contribution in [-0.2, 0) is 11.2 Å². The molecule has 1 aliphatic heterocycles. The standard InChI is InChI=1S/C27H44O2/c1-3-4-5-6-7-8-9-10-11-12-13-14-15-16-17-18-25-19-21-26(22-20-25)28-23-27(2)24-29-27/h3-4,19-22H,5-18,23-24H2,1-2H3/b4-3+. The van der Waals surface area contributed by atoms with Crippen LogP contribution in [0.4, 0.5) is 0 Å². The van der Waals surface area contributed by atoms with Crippen LogP contribution in [-0.4, -0.2) is 18.8 Å². The van der Waals surface area contributed by atoms with Gasteiger partial charge in [-0.15, -0.1) is 0 Å². The van der Waals surface area contributed by atoms with Crippen LogP contribution in [0.3, 0.4) is 0 Å². The van der Waals surface area contributed by atoms with Crippen molar-refractivity contribution in [2.24, 2.45) is 0 Å². The first-order valence-electron chi connectivity index (χ1n) is 12.2. The van der Waals surface area contributed by atoms with Gasteiger partial charge in [-0.3, -0.25) is 0 Å². The van der Waals surface area contributed by atoms with Crippen molar-refractivity contribution < 1.29 is 9.47 Å². The molecular weight excluding hydrogens is 356 g/mol. The lowest BCUT2D eigenvalue weighted by Crippen LogP contribution is -2.16. The summed E-state index contributed by atoms with van der Waals surface area (Å²) in [6.45, 7) is 5.68. The molecule has 1 aliphatic rings. The van der Waals surface area contributed by atoms with Gasteiger partial charge in [-0.05, 0) is 57.2 Å². The minimum absolute atomic E-state index is 0.0371. The molecule has 1 aromatic carbocycles. The van der Waals surface area contributed by atoms with Crippen LogP contribution in [0.15, 0.2) is 36.4 Å². The van der Waals surface area contributed by atoms with Crippen molar-refractivity contribution >= 4 is 0 Å². The second-order valence-electron chi connectivity index (χ2n) is 9.02. The summed E-state index contributed by atoms with van der Waals surface area (Å²) < 4.78 is 11.1. The maximum atomic E-state index is 5.79. The minimum Gasteiger partial charge on any atom is -0.491 e. The molecule has 0 aromatic heterocycles. The fraction of sp³-hybridized carbons (Fsp3) is 0.704. The van der Waals surface area contributed by atoms with E-state index in [0.717, 1.165) is 12.4 Å². The molecule has 1 heterocycles. The largest absolute Gasteiger partial charge is 0.491 e. The van der Waals surface area contributed by atoms with Gasteiger partial charge in [-0.2, -0.15) is 0 Å². The Bertz CT molecular complexity index is 542. The molecule has 0 aliphatic carbocycles. The minimum atomic E-state index is -0.0371. The fourth-order valence-electron chi connectivity index (χ4n) is 3.72. The van der Waals surface area contributed by atoms with Crippen molar-refractivity contribution in [3.8, 4) is 5.75 Å². The number of epoxide rings is 1. The highest BCUT2D eigenvalue weighted by molar-refractivity contribution is 5.27. The number of unbranched alkanes of at least 4 members (excludes halogenated alkanes) is 12. The molecule has 1 atom stereocenters. The lowest BCUT2D eigenvalue weighted by Gasteiger charge is -2.09. The van der Waals surface area contributed by atoms with Crippen molar-refractivity contribution in [2.45, 2.75) is 109 Å². The summed E-state index contributed by atoms with van der Waals surface area (Å²) in [6, 6.07) is 8.63. The summed E-state index contributed by atoms with van der Waals surface area (Å²) in [4.78, 5) is 0. The molecule has 2 rings (SSSR count). The first kappa shape index (κ1) is 24.0. The van der Waals surface area contributed by atoms with E-state index in [1.807, 2.05) is 0 Å². The average molecular weight is 401 g/mol. The predicted molar refractivity (Wildman–Crippen MR) is 125 cm³/mol. The van der Waals surface area contributed by atoms with Gasteiger partial charge in [-0.1, -0.05) is 88.5 Å². The van der Waals surface area contributed by atoms with Gasteiger partial charge in [0.2, 0.25) is 0 Å². The van der Waals surface area contributed by atoms with Crippen LogP contribution in [0.1, 0.15) is 103 Å². The Kier molecular flexibility index (Phi) is 12.1. The quantitative estimate of drug-likeness (QED) is 0.141. The highest BCUT2D eigenvalue weighted by Gasteiger charge is 2.40. The van der Waals surface area contributed by atoms with E-state index in [-0.39, 0.29) is 5.60 Å². The highest BCUT2D eigenvalue weighted by Crippen LogP contribution is 2.27. The van der Waals surface area contributed by atoms with E-state index in [4.69, 9.17) is 9.47 Å². The van der Waals surface area contributed by atoms with Gasteiger partial charge in [0, 0.05) is 0 Å². The fourth-order valence-corrected chi connectivity index (χ4v) is 3.72. The van der Waals surface area contributed by atoms with E-state index in [1.54, 1.807) is 0 Å². The van der Waals surface area contributed by atoms with Crippen molar-refractivity contribution in [3.63, 3.8) is 0 Å². The summed E-state index contributed by atoms with van der Waals surface area (Å²) in [6.07, 6.45) is 23.8. The molecule has 2 heteroatoms. The van der Waals surface area contributed by atoms with Crippen LogP contribution in [0.25, 0.3) is 0 Å². The Balaban J connectivity index is 1.34. The molecule has 1 saturated heterocycles. The van der Waals surface area contributed by atoms with Crippen molar-refractivity contribution in [1.82, 2.24) is 0 Å². The van der Waals surface area contributed by atoms with Crippen LogP contribution in [0.5, 0.6) is 5.75 Å². The van der Waals surface area contributed by atoms with Crippen LogP contribution in [0.2, 0.25) is 0 Å². The Morgan fingerprint density at radius 2 is 1.34 bits per heavy atom. The van der Waals surface area contributed by atoms with Crippen LogP contribution in [0, 0.1) is 0 Å². The maximum absolute atomic E-state index is 5.79. The van der Waals surface area contributed by atoms with E-state index < -0.39 is 0 Å². The van der Waals surface area contributed by atoms with Crippen molar-refractivity contribution in [3.05, 3.63) is 42.0 Å². The van der Waals surface area contributed by atoms with Gasteiger partial charge in [0.15, 0.2) is 0 Å². The number of aryl methyl sites for hydroxylation is 1. The summed E-state index contributed by atoms with van der Waals surface area (Å²) in [5, 5.41) is 0. The Morgan fingerprint density at radius 1 is 0.828 bits per heavy atom. The molecule has 0 radical (unpaired) electrons. The third-order valence-electron chi connectivity index (χ3n) is 5.93. The number of hydrogen-bond acceptors (Lipinski definition) is 2. The van der Waals surface area contributed by atoms with E-state index in [9.17, 15) is 0 Å². The van der Waals surface area contributed by atoms with Gasteiger partial charge < -0.3 is 9.47 Å². The lowest BCUT2D eigenvalue weighted by atomic mass is 10.0. The SMILES string of the molecule is C/C=C/CCCCCCCCCCCCCCc1ccc(OCC2(C)CO2)cc1. The first-order chi connectivity index (χ1) is 14.2. The van der Waals surface area contributed by atoms with Crippen molar-refractivity contribution in [1.29, 1.82) is 0 Å². The topological polar surface area (TPSA) is 21.8 Å². The lowest BCUT2D eigenvalue weighted by molar-refractivity contribution is 0.202. The Labute approximate surface area is 180 Å². The molecule has 0 N–H and O–H groups in total. The maximum Gasteiger partial charge on any atom is 0.123 e. The molecule has 0 saturated carbocycles. The van der Waals surface area contributed by atoms with E-state index in [1.165, 1.54) is 95.5 Å². The van der Waals surface area contributed by atoms with Crippen LogP contribution < -0.4 is 4.74 Å². The van der Waals surface area contributed by atoms with E-state index >= 15 is 0 Å². The summed E-state index contributed by atoms with van der Waals surface area (Å²) in [5.41, 5.74) is 1.39. The molecule has 0 bridgehead atoms. The second-order valence-corrected chi connectivity index (χ2v) is 9.02. The number of hydrogen-bond donors (Lipinski definition) is 0. The Hall–Kier alpha value is -1.28. The van der Waals surface area contributed by atoms with E-state index in [2.05, 4.69) is 50.3 Å². The third kappa shape index (κ3) is 12.1. The zero-order valence-corrected chi connectivity index (χ0v) is 19.1. The van der Waals surface area contributed by atoms with E-state index in [0.29, 0.717) is 6.61 Å². The van der Waals surface area contributed by atoms with Gasteiger partial charge in [0.1, 0.15) is 18.0 Å². The van der Waals surface area contributed by atoms with Gasteiger partial charge in [0.25, 0.3) is 0 Å². The number of rotatable bonds is 18. The molecule has 2 nitrogen and oxygen atoms in total.